The maximum Gasteiger partial charge on any atom is 0.123 e. The van der Waals surface area contributed by atoms with Crippen LogP contribution < -0.4 is 14.8 Å². The highest BCUT2D eigenvalue weighted by molar-refractivity contribution is 5.32. The Kier molecular flexibility index (Phi) is 5.05. The maximum atomic E-state index is 9.82. The van der Waals surface area contributed by atoms with Gasteiger partial charge in [-0.1, -0.05) is 13.0 Å². The Hall–Kier alpha value is -1.26. The van der Waals surface area contributed by atoms with Crippen LogP contribution in [0, 0.1) is 11.8 Å². The van der Waals surface area contributed by atoms with E-state index < -0.39 is 6.10 Å². The van der Waals surface area contributed by atoms with Crippen LogP contribution in [0.3, 0.4) is 0 Å². The molecule has 3 unspecified atom stereocenters. The third-order valence-corrected chi connectivity index (χ3v) is 3.55. The first-order valence-corrected chi connectivity index (χ1v) is 6.84. The molecule has 0 spiro atoms. The van der Waals surface area contributed by atoms with Gasteiger partial charge in [-0.25, -0.2) is 0 Å². The van der Waals surface area contributed by atoms with Crippen LogP contribution in [0.15, 0.2) is 24.3 Å². The molecule has 1 aromatic carbocycles. The Morgan fingerprint density at radius 1 is 1.42 bits per heavy atom. The van der Waals surface area contributed by atoms with Crippen molar-refractivity contribution in [2.24, 2.45) is 11.8 Å². The van der Waals surface area contributed by atoms with Crippen LogP contribution in [0.5, 0.6) is 11.5 Å². The fourth-order valence-electron chi connectivity index (χ4n) is 2.06. The van der Waals surface area contributed by atoms with E-state index in [-0.39, 0.29) is 0 Å². The number of hydrogen-bond donors (Lipinski definition) is 2. The quantitative estimate of drug-likeness (QED) is 0.751. The number of ether oxygens (including phenoxy) is 2. The SMILES string of the molecule is COc1cccc(OCC(O)CNCC2CC2C)c1. The second kappa shape index (κ2) is 6.78. The minimum absolute atomic E-state index is 0.292. The van der Waals surface area contributed by atoms with Gasteiger partial charge < -0.3 is 19.9 Å². The molecule has 0 amide bonds. The molecular weight excluding hydrogens is 242 g/mol. The lowest BCUT2D eigenvalue weighted by atomic mass is 10.3. The van der Waals surface area contributed by atoms with Gasteiger partial charge in [-0.05, 0) is 36.9 Å². The van der Waals surface area contributed by atoms with Crippen LogP contribution in [-0.4, -0.2) is 38.0 Å². The molecular formula is C15H23NO3. The standard InChI is InChI=1S/C15H23NO3/c1-11-6-12(11)8-16-9-13(17)10-19-15-5-3-4-14(7-15)18-2/h3-5,7,11-13,16-17H,6,8-10H2,1-2H3. The predicted molar refractivity (Wildman–Crippen MR) is 74.6 cm³/mol. The molecule has 19 heavy (non-hydrogen) atoms. The van der Waals surface area contributed by atoms with Gasteiger partial charge in [0.1, 0.15) is 24.2 Å². The molecule has 2 N–H and O–H groups in total. The summed E-state index contributed by atoms with van der Waals surface area (Å²) in [6.45, 7) is 4.12. The van der Waals surface area contributed by atoms with Crippen molar-refractivity contribution in [2.45, 2.75) is 19.4 Å². The largest absolute Gasteiger partial charge is 0.497 e. The van der Waals surface area contributed by atoms with Gasteiger partial charge in [-0.15, -0.1) is 0 Å². The van der Waals surface area contributed by atoms with Gasteiger partial charge in [0.15, 0.2) is 0 Å². The minimum Gasteiger partial charge on any atom is -0.497 e. The molecule has 1 saturated carbocycles. The van der Waals surface area contributed by atoms with Crippen molar-refractivity contribution >= 4 is 0 Å². The molecule has 1 fully saturated rings. The molecule has 1 aromatic rings. The number of rotatable bonds is 8. The molecule has 3 atom stereocenters. The molecule has 0 aliphatic heterocycles. The van der Waals surface area contributed by atoms with Crippen LogP contribution in [0.4, 0.5) is 0 Å². The molecule has 0 aromatic heterocycles. The van der Waals surface area contributed by atoms with E-state index in [0.29, 0.717) is 18.9 Å². The summed E-state index contributed by atoms with van der Waals surface area (Å²) in [4.78, 5) is 0. The predicted octanol–water partition coefficient (Wildman–Crippen LogP) is 1.68. The van der Waals surface area contributed by atoms with Gasteiger partial charge in [-0.2, -0.15) is 0 Å². The zero-order chi connectivity index (χ0) is 13.7. The van der Waals surface area contributed by atoms with E-state index in [1.807, 2.05) is 24.3 Å². The summed E-state index contributed by atoms with van der Waals surface area (Å²) in [5.74, 6) is 3.12. The van der Waals surface area contributed by atoms with Gasteiger partial charge in [0.25, 0.3) is 0 Å². The molecule has 1 aliphatic rings. The zero-order valence-corrected chi connectivity index (χ0v) is 11.6. The second-order valence-electron chi connectivity index (χ2n) is 5.28. The van der Waals surface area contributed by atoms with E-state index in [4.69, 9.17) is 9.47 Å². The van der Waals surface area contributed by atoms with Crippen LogP contribution in [0.1, 0.15) is 13.3 Å². The number of methoxy groups -OCH3 is 1. The summed E-state index contributed by atoms with van der Waals surface area (Å²) in [5.41, 5.74) is 0. The summed E-state index contributed by atoms with van der Waals surface area (Å²) >= 11 is 0. The van der Waals surface area contributed by atoms with Gasteiger partial charge in [0, 0.05) is 12.6 Å². The van der Waals surface area contributed by atoms with Crippen LogP contribution in [0.2, 0.25) is 0 Å². The highest BCUT2D eigenvalue weighted by Gasteiger charge is 2.31. The highest BCUT2D eigenvalue weighted by atomic mass is 16.5. The molecule has 4 heteroatoms. The van der Waals surface area contributed by atoms with E-state index in [1.165, 1.54) is 6.42 Å². The second-order valence-corrected chi connectivity index (χ2v) is 5.28. The number of aliphatic hydroxyl groups is 1. The lowest BCUT2D eigenvalue weighted by Gasteiger charge is -2.13. The molecule has 1 aliphatic carbocycles. The Morgan fingerprint density at radius 2 is 2.16 bits per heavy atom. The molecule has 0 saturated heterocycles. The van der Waals surface area contributed by atoms with Crippen molar-refractivity contribution in [1.82, 2.24) is 5.32 Å². The Morgan fingerprint density at radius 3 is 2.84 bits per heavy atom. The van der Waals surface area contributed by atoms with Crippen molar-refractivity contribution in [3.05, 3.63) is 24.3 Å². The van der Waals surface area contributed by atoms with E-state index in [9.17, 15) is 5.11 Å². The van der Waals surface area contributed by atoms with Crippen molar-refractivity contribution in [1.29, 1.82) is 0 Å². The van der Waals surface area contributed by atoms with E-state index in [0.717, 1.165) is 24.1 Å². The van der Waals surface area contributed by atoms with E-state index >= 15 is 0 Å². The number of nitrogens with one attached hydrogen (secondary N) is 1. The van der Waals surface area contributed by atoms with Crippen molar-refractivity contribution in [3.63, 3.8) is 0 Å². The normalized spacial score (nSPS) is 22.9. The average Bonchev–Trinajstić information content (AvgIpc) is 3.12. The highest BCUT2D eigenvalue weighted by Crippen LogP contribution is 2.36. The first-order valence-electron chi connectivity index (χ1n) is 6.84. The maximum absolute atomic E-state index is 9.82. The van der Waals surface area contributed by atoms with E-state index in [1.54, 1.807) is 7.11 Å². The van der Waals surface area contributed by atoms with E-state index in [2.05, 4.69) is 12.2 Å². The first-order chi connectivity index (χ1) is 9.19. The summed E-state index contributed by atoms with van der Waals surface area (Å²) in [6.07, 6.45) is 0.823. The lowest BCUT2D eigenvalue weighted by Crippen LogP contribution is -2.32. The van der Waals surface area contributed by atoms with Gasteiger partial charge in [0.2, 0.25) is 0 Å². The van der Waals surface area contributed by atoms with Gasteiger partial charge in [0.05, 0.1) is 7.11 Å². The van der Waals surface area contributed by atoms with Gasteiger partial charge in [-0.3, -0.25) is 0 Å². The molecule has 2 rings (SSSR count). The molecule has 106 valence electrons. The summed E-state index contributed by atoms with van der Waals surface area (Å²) < 4.78 is 10.6. The minimum atomic E-state index is -0.486. The van der Waals surface area contributed by atoms with Crippen LogP contribution in [-0.2, 0) is 0 Å². The topological polar surface area (TPSA) is 50.7 Å². The Bertz CT molecular complexity index is 397. The Labute approximate surface area is 114 Å². The molecule has 0 radical (unpaired) electrons. The third kappa shape index (κ3) is 4.73. The monoisotopic (exact) mass is 265 g/mol. The molecule has 0 bridgehead atoms. The zero-order valence-electron chi connectivity index (χ0n) is 11.6. The number of aliphatic hydroxyl groups excluding tert-OH is 1. The molecule has 0 heterocycles. The fraction of sp³-hybridized carbons (Fsp3) is 0.600. The van der Waals surface area contributed by atoms with Gasteiger partial charge >= 0.3 is 0 Å². The fourth-order valence-corrected chi connectivity index (χ4v) is 2.06. The van der Waals surface area contributed by atoms with Crippen LogP contribution in [0.25, 0.3) is 0 Å². The number of benzene rings is 1. The first kappa shape index (κ1) is 14.2. The summed E-state index contributed by atoms with van der Waals surface area (Å²) in [6, 6.07) is 7.40. The van der Waals surface area contributed by atoms with Crippen LogP contribution >= 0.6 is 0 Å². The lowest BCUT2D eigenvalue weighted by molar-refractivity contribution is 0.106. The smallest absolute Gasteiger partial charge is 0.123 e. The van der Waals surface area contributed by atoms with Crippen molar-refractivity contribution < 1.29 is 14.6 Å². The van der Waals surface area contributed by atoms with Crippen molar-refractivity contribution in [2.75, 3.05) is 26.8 Å². The van der Waals surface area contributed by atoms with Crippen molar-refractivity contribution in [3.8, 4) is 11.5 Å². The average molecular weight is 265 g/mol. The summed E-state index contributed by atoms with van der Waals surface area (Å²) in [7, 11) is 1.62. The third-order valence-electron chi connectivity index (χ3n) is 3.55. The molecule has 4 nitrogen and oxygen atoms in total. The number of hydrogen-bond acceptors (Lipinski definition) is 4. The Balaban J connectivity index is 1.63. The summed E-state index contributed by atoms with van der Waals surface area (Å²) in [5, 5.41) is 13.1.